The van der Waals surface area contributed by atoms with Gasteiger partial charge in [0.25, 0.3) is 10.0 Å². The number of hydrogen-bond donors (Lipinski definition) is 2. The lowest BCUT2D eigenvalue weighted by molar-refractivity contribution is 0.483. The summed E-state index contributed by atoms with van der Waals surface area (Å²) in [6, 6.07) is 2.10. The highest BCUT2D eigenvalue weighted by molar-refractivity contribution is 7.89. The van der Waals surface area contributed by atoms with Crippen molar-refractivity contribution in [3.05, 3.63) is 12.0 Å². The second-order valence-electron chi connectivity index (χ2n) is 4.55. The van der Waals surface area contributed by atoms with Gasteiger partial charge in [-0.1, -0.05) is 19.8 Å². The summed E-state index contributed by atoms with van der Waals surface area (Å²) in [5.74, 6) is 0.618. The van der Waals surface area contributed by atoms with Crippen LogP contribution < -0.4 is 4.72 Å². The lowest BCUT2D eigenvalue weighted by Crippen LogP contribution is -2.45. The lowest BCUT2D eigenvalue weighted by atomic mass is 10.0. The Kier molecular flexibility index (Phi) is 3.41. The molecule has 0 spiro atoms. The van der Waals surface area contributed by atoms with Crippen molar-refractivity contribution in [1.82, 2.24) is 14.7 Å². The zero-order valence-corrected chi connectivity index (χ0v) is 11.0. The van der Waals surface area contributed by atoms with Crippen molar-refractivity contribution in [2.75, 3.05) is 0 Å². The molecule has 0 bridgehead atoms. The Morgan fingerprint density at radius 3 is 2.72 bits per heavy atom. The van der Waals surface area contributed by atoms with Gasteiger partial charge in [-0.3, -0.25) is 0 Å². The second-order valence-corrected chi connectivity index (χ2v) is 6.21. The largest absolute Gasteiger partial charge is 0.332 e. The monoisotopic (exact) mass is 268 g/mol. The highest BCUT2D eigenvalue weighted by Crippen LogP contribution is 2.30. The van der Waals surface area contributed by atoms with E-state index in [1.54, 1.807) is 0 Å². The molecule has 0 aliphatic heterocycles. The molecule has 18 heavy (non-hydrogen) atoms. The van der Waals surface area contributed by atoms with Gasteiger partial charge < -0.3 is 4.98 Å². The van der Waals surface area contributed by atoms with Crippen LogP contribution in [-0.4, -0.2) is 23.9 Å². The topological polar surface area (TPSA) is 98.6 Å². The van der Waals surface area contributed by atoms with Crippen molar-refractivity contribution in [1.29, 1.82) is 5.26 Å². The predicted octanol–water partition coefficient (Wildman–Crippen LogP) is 1.09. The van der Waals surface area contributed by atoms with Crippen LogP contribution in [0.15, 0.2) is 11.2 Å². The summed E-state index contributed by atoms with van der Waals surface area (Å²) in [6.07, 6.45) is 4.81. The Hall–Kier alpha value is -1.39. The van der Waals surface area contributed by atoms with Crippen LogP contribution in [0.2, 0.25) is 0 Å². The van der Waals surface area contributed by atoms with Crippen molar-refractivity contribution in [2.45, 2.75) is 49.6 Å². The Morgan fingerprint density at radius 2 is 2.22 bits per heavy atom. The van der Waals surface area contributed by atoms with Gasteiger partial charge in [0.15, 0.2) is 5.03 Å². The number of imidazole rings is 1. The molecular formula is C11H16N4O2S. The molecule has 1 saturated carbocycles. The summed E-state index contributed by atoms with van der Waals surface area (Å²) in [4.78, 5) is 6.71. The Balaban J connectivity index is 2.24. The minimum Gasteiger partial charge on any atom is -0.332 e. The number of nitrogens with zero attached hydrogens (tertiary/aromatic N) is 2. The number of sulfonamides is 1. The van der Waals surface area contributed by atoms with Crippen molar-refractivity contribution in [3.63, 3.8) is 0 Å². The maximum absolute atomic E-state index is 12.1. The first kappa shape index (κ1) is 13.1. The van der Waals surface area contributed by atoms with Crippen molar-refractivity contribution < 1.29 is 8.42 Å². The SMILES string of the molecule is CCc1ncc(S(=O)(=O)NC2(C#N)CCCC2)[nH]1. The maximum atomic E-state index is 12.1. The molecule has 0 saturated heterocycles. The van der Waals surface area contributed by atoms with Gasteiger partial charge in [0, 0.05) is 6.42 Å². The first-order valence-corrected chi connectivity index (χ1v) is 7.49. The number of aryl methyl sites for hydroxylation is 1. The quantitative estimate of drug-likeness (QED) is 0.853. The summed E-state index contributed by atoms with van der Waals surface area (Å²) >= 11 is 0. The number of H-pyrrole nitrogens is 1. The van der Waals surface area contributed by atoms with E-state index in [1.165, 1.54) is 6.20 Å². The molecule has 0 radical (unpaired) electrons. The molecule has 1 aliphatic carbocycles. The van der Waals surface area contributed by atoms with E-state index in [0.717, 1.165) is 12.8 Å². The number of hydrogen-bond acceptors (Lipinski definition) is 4. The van der Waals surface area contributed by atoms with Crippen molar-refractivity contribution in [2.24, 2.45) is 0 Å². The molecule has 2 rings (SSSR count). The van der Waals surface area contributed by atoms with E-state index in [9.17, 15) is 13.7 Å². The standard InChI is InChI=1S/C11H16N4O2S/c1-2-9-13-7-10(14-9)18(16,17)15-11(8-12)5-3-4-6-11/h7,15H,2-6H2,1H3,(H,13,14). The van der Waals surface area contributed by atoms with Crippen LogP contribution in [0.5, 0.6) is 0 Å². The highest BCUT2D eigenvalue weighted by atomic mass is 32.2. The summed E-state index contributed by atoms with van der Waals surface area (Å²) in [5, 5.41) is 9.20. The third-order valence-corrected chi connectivity index (χ3v) is 4.68. The highest BCUT2D eigenvalue weighted by Gasteiger charge is 2.38. The summed E-state index contributed by atoms with van der Waals surface area (Å²) in [5.41, 5.74) is -0.948. The fourth-order valence-corrected chi connectivity index (χ4v) is 3.50. The summed E-state index contributed by atoms with van der Waals surface area (Å²) in [6.45, 7) is 1.89. The Labute approximate surface area is 106 Å². The Bertz CT molecular complexity index is 564. The van der Waals surface area contributed by atoms with Gasteiger partial charge in [0.2, 0.25) is 0 Å². The number of nitriles is 1. The average Bonchev–Trinajstić information content (AvgIpc) is 2.97. The molecule has 1 aromatic heterocycles. The molecule has 6 nitrogen and oxygen atoms in total. The third kappa shape index (κ3) is 2.40. The first-order valence-electron chi connectivity index (χ1n) is 6.00. The van der Waals surface area contributed by atoms with E-state index in [1.807, 2.05) is 6.92 Å². The molecule has 7 heteroatoms. The molecular weight excluding hydrogens is 252 g/mol. The lowest BCUT2D eigenvalue weighted by Gasteiger charge is -2.20. The van der Waals surface area contributed by atoms with E-state index < -0.39 is 15.6 Å². The molecule has 0 unspecified atom stereocenters. The fraction of sp³-hybridized carbons (Fsp3) is 0.636. The first-order chi connectivity index (χ1) is 8.51. The van der Waals surface area contributed by atoms with E-state index in [2.05, 4.69) is 20.8 Å². The van der Waals surface area contributed by atoms with E-state index >= 15 is 0 Å². The fourth-order valence-electron chi connectivity index (χ4n) is 2.19. The molecule has 1 aromatic rings. The van der Waals surface area contributed by atoms with E-state index in [0.29, 0.717) is 25.1 Å². The van der Waals surface area contributed by atoms with Crippen LogP contribution in [0.3, 0.4) is 0 Å². The van der Waals surface area contributed by atoms with Gasteiger partial charge in [-0.05, 0) is 12.8 Å². The van der Waals surface area contributed by atoms with Crippen LogP contribution in [0.25, 0.3) is 0 Å². The minimum absolute atomic E-state index is 0.0286. The predicted molar refractivity (Wildman–Crippen MR) is 65.1 cm³/mol. The molecule has 0 aromatic carbocycles. The van der Waals surface area contributed by atoms with Crippen LogP contribution >= 0.6 is 0 Å². The van der Waals surface area contributed by atoms with E-state index in [-0.39, 0.29) is 5.03 Å². The molecule has 1 heterocycles. The molecule has 0 amide bonds. The minimum atomic E-state index is -3.69. The number of aromatic nitrogens is 2. The molecule has 1 aliphatic rings. The van der Waals surface area contributed by atoms with Gasteiger partial charge in [-0.25, -0.2) is 13.4 Å². The second kappa shape index (κ2) is 4.71. The molecule has 2 N–H and O–H groups in total. The van der Waals surface area contributed by atoms with Crippen molar-refractivity contribution in [3.8, 4) is 6.07 Å². The van der Waals surface area contributed by atoms with Crippen LogP contribution in [-0.2, 0) is 16.4 Å². The summed E-state index contributed by atoms with van der Waals surface area (Å²) < 4.78 is 26.8. The van der Waals surface area contributed by atoms with Crippen LogP contribution in [0.4, 0.5) is 0 Å². The zero-order chi connectivity index (χ0) is 13.2. The van der Waals surface area contributed by atoms with Gasteiger partial charge in [0.1, 0.15) is 11.4 Å². The van der Waals surface area contributed by atoms with Crippen LogP contribution in [0, 0.1) is 11.3 Å². The van der Waals surface area contributed by atoms with Gasteiger partial charge in [-0.15, -0.1) is 0 Å². The van der Waals surface area contributed by atoms with Gasteiger partial charge in [-0.2, -0.15) is 9.98 Å². The Morgan fingerprint density at radius 1 is 1.56 bits per heavy atom. The normalized spacial score (nSPS) is 18.7. The molecule has 0 atom stereocenters. The third-order valence-electron chi connectivity index (χ3n) is 3.23. The van der Waals surface area contributed by atoms with Crippen molar-refractivity contribution >= 4 is 10.0 Å². The number of nitrogens with one attached hydrogen (secondary N) is 2. The van der Waals surface area contributed by atoms with Crippen LogP contribution in [0.1, 0.15) is 38.4 Å². The number of rotatable bonds is 4. The number of aromatic amines is 1. The molecule has 98 valence electrons. The average molecular weight is 268 g/mol. The maximum Gasteiger partial charge on any atom is 0.258 e. The molecule has 1 fully saturated rings. The summed E-state index contributed by atoms with van der Waals surface area (Å²) in [7, 11) is -3.69. The zero-order valence-electron chi connectivity index (χ0n) is 10.2. The van der Waals surface area contributed by atoms with Gasteiger partial charge >= 0.3 is 0 Å². The van der Waals surface area contributed by atoms with Gasteiger partial charge in [0.05, 0.1) is 12.3 Å². The smallest absolute Gasteiger partial charge is 0.258 e. The van der Waals surface area contributed by atoms with E-state index in [4.69, 9.17) is 0 Å².